The molecule has 116 valence electrons. The first kappa shape index (κ1) is 15.9. The Kier molecular flexibility index (Phi) is 4.13. The van der Waals surface area contributed by atoms with Crippen molar-refractivity contribution in [1.29, 1.82) is 0 Å². The van der Waals surface area contributed by atoms with E-state index >= 15 is 0 Å². The molecule has 0 fully saturated rings. The fourth-order valence-corrected chi connectivity index (χ4v) is 2.50. The van der Waals surface area contributed by atoms with Gasteiger partial charge in [0.25, 0.3) is 0 Å². The van der Waals surface area contributed by atoms with Crippen LogP contribution in [0.2, 0.25) is 0 Å². The highest BCUT2D eigenvalue weighted by Crippen LogP contribution is 2.39. The van der Waals surface area contributed by atoms with Crippen molar-refractivity contribution in [3.63, 3.8) is 0 Å². The summed E-state index contributed by atoms with van der Waals surface area (Å²) < 4.78 is 0. The summed E-state index contributed by atoms with van der Waals surface area (Å²) in [6, 6.07) is 10.5. The molecule has 0 saturated heterocycles. The number of aromatic hydroxyl groups is 2. The molecule has 0 radical (unpaired) electrons. The van der Waals surface area contributed by atoms with Gasteiger partial charge in [0.1, 0.15) is 17.1 Å². The second-order valence-corrected chi connectivity index (χ2v) is 5.98. The van der Waals surface area contributed by atoms with E-state index in [4.69, 9.17) is 5.11 Å². The van der Waals surface area contributed by atoms with E-state index in [1.54, 1.807) is 0 Å². The first-order valence-electron chi connectivity index (χ1n) is 7.17. The Bertz CT molecular complexity index is 694. The lowest BCUT2D eigenvalue weighted by molar-refractivity contribution is 0.0690. The average Bonchev–Trinajstić information content (AvgIpc) is 2.46. The molecule has 2 rings (SSSR count). The van der Waals surface area contributed by atoms with Gasteiger partial charge in [-0.05, 0) is 40.7 Å². The van der Waals surface area contributed by atoms with E-state index in [9.17, 15) is 15.0 Å². The summed E-state index contributed by atoms with van der Waals surface area (Å²) in [5.74, 6) is -2.23. The van der Waals surface area contributed by atoms with Gasteiger partial charge < -0.3 is 15.3 Å². The lowest BCUT2D eigenvalue weighted by atomic mass is 9.78. The molecule has 4 nitrogen and oxygen atoms in total. The lowest BCUT2D eigenvalue weighted by Crippen LogP contribution is -2.16. The Morgan fingerprint density at radius 2 is 1.64 bits per heavy atom. The van der Waals surface area contributed by atoms with Crippen molar-refractivity contribution in [3.8, 4) is 22.6 Å². The summed E-state index contributed by atoms with van der Waals surface area (Å²) in [5, 5.41) is 28.8. The van der Waals surface area contributed by atoms with Crippen LogP contribution in [0.25, 0.3) is 11.1 Å². The molecule has 4 heteroatoms. The Morgan fingerprint density at radius 3 is 2.14 bits per heavy atom. The minimum absolute atomic E-state index is 0.0761. The Balaban J connectivity index is 2.66. The van der Waals surface area contributed by atoms with Crippen LogP contribution in [-0.2, 0) is 5.41 Å². The van der Waals surface area contributed by atoms with Crippen molar-refractivity contribution in [1.82, 2.24) is 0 Å². The van der Waals surface area contributed by atoms with Gasteiger partial charge in [0.05, 0.1) is 0 Å². The van der Waals surface area contributed by atoms with Gasteiger partial charge in [-0.3, -0.25) is 0 Å². The summed E-state index contributed by atoms with van der Waals surface area (Å²) in [5.41, 5.74) is 2.00. The van der Waals surface area contributed by atoms with Gasteiger partial charge >= 0.3 is 5.97 Å². The van der Waals surface area contributed by atoms with Crippen molar-refractivity contribution in [2.75, 3.05) is 0 Å². The molecule has 0 spiro atoms. The first-order valence-corrected chi connectivity index (χ1v) is 7.17. The Hall–Kier alpha value is -2.49. The molecule has 0 heterocycles. The maximum Gasteiger partial charge on any atom is 0.343 e. The second kappa shape index (κ2) is 5.72. The van der Waals surface area contributed by atoms with E-state index in [2.05, 4.69) is 20.8 Å². The molecule has 0 saturated carbocycles. The molecule has 0 aromatic heterocycles. The predicted octanol–water partition coefficient (Wildman–Crippen LogP) is 4.15. The topological polar surface area (TPSA) is 77.8 Å². The number of aromatic carboxylic acids is 1. The van der Waals surface area contributed by atoms with Crippen molar-refractivity contribution < 1.29 is 20.1 Å². The standard InChI is InChI=1S/C18H20O4/c1-4-18(2,3)13-8-6-5-7-12(13)11-9-14(19)16(17(21)22)15(20)10-11/h5-10,19-20H,4H2,1-3H3,(H,21,22). The minimum atomic E-state index is -1.36. The SMILES string of the molecule is CCC(C)(C)c1ccccc1-c1cc(O)c(C(=O)O)c(O)c1. The molecule has 0 aliphatic rings. The van der Waals surface area contributed by atoms with Crippen LogP contribution >= 0.6 is 0 Å². The van der Waals surface area contributed by atoms with Gasteiger partial charge in [-0.15, -0.1) is 0 Å². The molecule has 22 heavy (non-hydrogen) atoms. The molecule has 2 aromatic carbocycles. The van der Waals surface area contributed by atoms with Gasteiger partial charge in [-0.1, -0.05) is 45.0 Å². The zero-order chi connectivity index (χ0) is 16.5. The smallest absolute Gasteiger partial charge is 0.343 e. The van der Waals surface area contributed by atoms with Crippen molar-refractivity contribution in [2.24, 2.45) is 0 Å². The van der Waals surface area contributed by atoms with Crippen LogP contribution in [0, 0.1) is 0 Å². The number of carboxylic acid groups (broad SMARTS) is 1. The van der Waals surface area contributed by atoms with Crippen LogP contribution in [0.3, 0.4) is 0 Å². The zero-order valence-electron chi connectivity index (χ0n) is 12.9. The third kappa shape index (κ3) is 2.77. The van der Waals surface area contributed by atoms with Gasteiger partial charge in [-0.2, -0.15) is 0 Å². The van der Waals surface area contributed by atoms with Crippen LogP contribution in [0.15, 0.2) is 36.4 Å². The molecular weight excluding hydrogens is 280 g/mol. The van der Waals surface area contributed by atoms with Gasteiger partial charge in [0, 0.05) is 0 Å². The van der Waals surface area contributed by atoms with Gasteiger partial charge in [-0.25, -0.2) is 4.79 Å². The zero-order valence-corrected chi connectivity index (χ0v) is 12.9. The summed E-state index contributed by atoms with van der Waals surface area (Å²) in [6.45, 7) is 6.34. The van der Waals surface area contributed by atoms with E-state index in [-0.39, 0.29) is 5.41 Å². The Labute approximate surface area is 129 Å². The summed E-state index contributed by atoms with van der Waals surface area (Å²) in [7, 11) is 0. The van der Waals surface area contributed by atoms with Crippen LogP contribution in [0.5, 0.6) is 11.5 Å². The number of carboxylic acids is 1. The predicted molar refractivity (Wildman–Crippen MR) is 85.5 cm³/mol. The quantitative estimate of drug-likeness (QED) is 0.792. The van der Waals surface area contributed by atoms with Crippen LogP contribution < -0.4 is 0 Å². The number of rotatable bonds is 4. The highest BCUT2D eigenvalue weighted by atomic mass is 16.4. The molecule has 0 unspecified atom stereocenters. The summed E-state index contributed by atoms with van der Waals surface area (Å²) in [4.78, 5) is 11.0. The summed E-state index contributed by atoms with van der Waals surface area (Å²) in [6.07, 6.45) is 0.926. The number of hydrogen-bond donors (Lipinski definition) is 3. The molecule has 0 amide bonds. The highest BCUT2D eigenvalue weighted by Gasteiger charge is 2.23. The van der Waals surface area contributed by atoms with E-state index in [1.165, 1.54) is 12.1 Å². The third-order valence-electron chi connectivity index (χ3n) is 4.16. The van der Waals surface area contributed by atoms with E-state index in [1.807, 2.05) is 24.3 Å². The number of phenols is 2. The highest BCUT2D eigenvalue weighted by molar-refractivity contribution is 5.95. The molecule has 0 aliphatic heterocycles. The first-order chi connectivity index (χ1) is 10.3. The maximum atomic E-state index is 11.0. The minimum Gasteiger partial charge on any atom is -0.507 e. The fourth-order valence-electron chi connectivity index (χ4n) is 2.50. The number of benzene rings is 2. The molecule has 2 aromatic rings. The largest absolute Gasteiger partial charge is 0.507 e. The summed E-state index contributed by atoms with van der Waals surface area (Å²) >= 11 is 0. The maximum absolute atomic E-state index is 11.0. The van der Waals surface area contributed by atoms with Crippen molar-refractivity contribution in [2.45, 2.75) is 32.6 Å². The third-order valence-corrected chi connectivity index (χ3v) is 4.16. The Morgan fingerprint density at radius 1 is 1.09 bits per heavy atom. The average molecular weight is 300 g/mol. The molecule has 0 atom stereocenters. The monoisotopic (exact) mass is 300 g/mol. The lowest BCUT2D eigenvalue weighted by Gasteiger charge is -2.26. The molecule has 0 aliphatic carbocycles. The van der Waals surface area contributed by atoms with Gasteiger partial charge in [0.2, 0.25) is 0 Å². The van der Waals surface area contributed by atoms with Crippen molar-refractivity contribution in [3.05, 3.63) is 47.5 Å². The van der Waals surface area contributed by atoms with E-state index in [0.717, 1.165) is 17.5 Å². The van der Waals surface area contributed by atoms with Crippen LogP contribution in [-0.4, -0.2) is 21.3 Å². The number of hydrogen-bond acceptors (Lipinski definition) is 3. The molecule has 0 bridgehead atoms. The number of carbonyl (C=O) groups is 1. The van der Waals surface area contributed by atoms with Crippen LogP contribution in [0.4, 0.5) is 0 Å². The van der Waals surface area contributed by atoms with Crippen LogP contribution in [0.1, 0.15) is 43.1 Å². The molecular formula is C18H20O4. The van der Waals surface area contributed by atoms with Crippen molar-refractivity contribution >= 4 is 5.97 Å². The fraction of sp³-hybridized carbons (Fsp3) is 0.278. The van der Waals surface area contributed by atoms with Gasteiger partial charge in [0.15, 0.2) is 0 Å². The normalized spacial score (nSPS) is 11.4. The molecule has 3 N–H and O–H groups in total. The second-order valence-electron chi connectivity index (χ2n) is 5.98. The van der Waals surface area contributed by atoms with E-state index in [0.29, 0.717) is 5.56 Å². The van der Waals surface area contributed by atoms with E-state index < -0.39 is 23.0 Å².